The van der Waals surface area contributed by atoms with Crippen molar-refractivity contribution >= 4 is 11.8 Å². The van der Waals surface area contributed by atoms with Crippen molar-refractivity contribution in [1.82, 2.24) is 10.1 Å². The van der Waals surface area contributed by atoms with Gasteiger partial charge in [0.05, 0.1) is 18.1 Å². The van der Waals surface area contributed by atoms with Crippen molar-refractivity contribution in [2.45, 2.75) is 11.9 Å². The van der Waals surface area contributed by atoms with Crippen LogP contribution in [-0.2, 0) is 5.75 Å². The molecule has 1 atom stereocenters. The number of rotatable bonds is 6. The zero-order valence-corrected chi connectivity index (χ0v) is 12.0. The van der Waals surface area contributed by atoms with Crippen LogP contribution in [0.4, 0.5) is 0 Å². The van der Waals surface area contributed by atoms with Gasteiger partial charge in [0.1, 0.15) is 0 Å². The summed E-state index contributed by atoms with van der Waals surface area (Å²) < 4.78 is 10.3. The van der Waals surface area contributed by atoms with Gasteiger partial charge in [-0.05, 0) is 17.7 Å². The first-order valence-corrected chi connectivity index (χ1v) is 7.65. The molecule has 2 aromatic heterocycles. The monoisotopic (exact) mass is 302 g/mol. The number of aliphatic hydroxyl groups excluding tert-OH is 1. The quantitative estimate of drug-likeness (QED) is 0.753. The molecule has 0 radical (unpaired) electrons. The maximum absolute atomic E-state index is 10.1. The summed E-state index contributed by atoms with van der Waals surface area (Å²) in [7, 11) is 0. The third-order valence-electron chi connectivity index (χ3n) is 2.89. The first-order valence-electron chi connectivity index (χ1n) is 6.50. The van der Waals surface area contributed by atoms with Crippen LogP contribution < -0.4 is 0 Å². The van der Waals surface area contributed by atoms with Gasteiger partial charge in [0, 0.05) is 5.75 Å². The fourth-order valence-electron chi connectivity index (χ4n) is 1.85. The molecule has 6 heteroatoms. The Morgan fingerprint density at radius 2 is 2.00 bits per heavy atom. The van der Waals surface area contributed by atoms with E-state index in [0.29, 0.717) is 29.0 Å². The highest BCUT2D eigenvalue weighted by atomic mass is 32.2. The lowest BCUT2D eigenvalue weighted by molar-refractivity contribution is 0.204. The Kier molecular flexibility index (Phi) is 4.37. The van der Waals surface area contributed by atoms with Crippen molar-refractivity contribution in [3.8, 4) is 11.7 Å². The van der Waals surface area contributed by atoms with Crippen molar-refractivity contribution in [3.05, 3.63) is 60.1 Å². The van der Waals surface area contributed by atoms with Gasteiger partial charge in [0.2, 0.25) is 0 Å². The molecule has 21 heavy (non-hydrogen) atoms. The number of benzene rings is 1. The van der Waals surface area contributed by atoms with Crippen LogP contribution in [0.2, 0.25) is 0 Å². The first-order chi connectivity index (χ1) is 10.3. The Hall–Kier alpha value is -2.05. The molecule has 0 fully saturated rings. The summed E-state index contributed by atoms with van der Waals surface area (Å²) in [6.07, 6.45) is 1.07. The van der Waals surface area contributed by atoms with Crippen molar-refractivity contribution in [2.75, 3.05) is 5.75 Å². The topological polar surface area (TPSA) is 72.3 Å². The van der Waals surface area contributed by atoms with E-state index in [0.717, 1.165) is 5.56 Å². The van der Waals surface area contributed by atoms with Gasteiger partial charge in [-0.2, -0.15) is 16.7 Å². The minimum Gasteiger partial charge on any atom is -0.459 e. The molecular weight excluding hydrogens is 288 g/mol. The van der Waals surface area contributed by atoms with E-state index in [4.69, 9.17) is 8.94 Å². The molecular formula is C15H14N2O3S. The van der Waals surface area contributed by atoms with Crippen LogP contribution in [-0.4, -0.2) is 21.0 Å². The zero-order valence-electron chi connectivity index (χ0n) is 11.2. The van der Waals surface area contributed by atoms with Gasteiger partial charge in [0.25, 0.3) is 5.89 Å². The number of hydrogen-bond acceptors (Lipinski definition) is 6. The van der Waals surface area contributed by atoms with Crippen LogP contribution in [0, 0.1) is 0 Å². The van der Waals surface area contributed by atoms with Crippen molar-refractivity contribution < 1.29 is 14.0 Å². The molecule has 0 amide bonds. The molecule has 0 saturated heterocycles. The van der Waals surface area contributed by atoms with E-state index in [9.17, 15) is 5.11 Å². The fourth-order valence-corrected chi connectivity index (χ4v) is 2.68. The smallest absolute Gasteiger partial charge is 0.293 e. The zero-order chi connectivity index (χ0) is 14.5. The summed E-state index contributed by atoms with van der Waals surface area (Å²) in [5.41, 5.74) is 0.911. The van der Waals surface area contributed by atoms with Crippen molar-refractivity contribution in [1.29, 1.82) is 0 Å². The summed E-state index contributed by atoms with van der Waals surface area (Å²) >= 11 is 1.55. The van der Waals surface area contributed by atoms with Crippen molar-refractivity contribution in [3.63, 3.8) is 0 Å². The van der Waals surface area contributed by atoms with E-state index in [-0.39, 0.29) is 0 Å². The van der Waals surface area contributed by atoms with Gasteiger partial charge in [-0.1, -0.05) is 35.5 Å². The van der Waals surface area contributed by atoms with Crippen LogP contribution >= 0.6 is 11.8 Å². The highest BCUT2D eigenvalue weighted by Crippen LogP contribution is 2.22. The summed E-state index contributed by atoms with van der Waals surface area (Å²) in [4.78, 5) is 4.25. The van der Waals surface area contributed by atoms with Gasteiger partial charge in [0.15, 0.2) is 11.6 Å². The van der Waals surface area contributed by atoms with Gasteiger partial charge in [-0.25, -0.2) is 0 Å². The lowest BCUT2D eigenvalue weighted by atomic mass is 10.1. The van der Waals surface area contributed by atoms with Gasteiger partial charge in [-0.15, -0.1) is 0 Å². The highest BCUT2D eigenvalue weighted by Gasteiger charge is 2.12. The average molecular weight is 302 g/mol. The van der Waals surface area contributed by atoms with E-state index in [1.165, 1.54) is 0 Å². The van der Waals surface area contributed by atoms with E-state index in [1.54, 1.807) is 30.2 Å². The molecule has 0 aliphatic rings. The lowest BCUT2D eigenvalue weighted by Gasteiger charge is -2.09. The Balaban J connectivity index is 1.52. The molecule has 0 bridgehead atoms. The van der Waals surface area contributed by atoms with E-state index < -0.39 is 6.10 Å². The number of nitrogens with zero attached hydrogens (tertiary/aromatic N) is 2. The minimum atomic E-state index is -0.493. The second-order valence-corrected chi connectivity index (χ2v) is 5.46. The Bertz CT molecular complexity index is 667. The summed E-state index contributed by atoms with van der Waals surface area (Å²) in [6, 6.07) is 13.1. The molecule has 5 nitrogen and oxygen atoms in total. The number of hydrogen-bond donors (Lipinski definition) is 1. The average Bonchev–Trinajstić information content (AvgIpc) is 3.19. The Labute approximate surface area is 126 Å². The molecule has 0 unspecified atom stereocenters. The lowest BCUT2D eigenvalue weighted by Crippen LogP contribution is -2.00. The Morgan fingerprint density at radius 1 is 1.14 bits per heavy atom. The SMILES string of the molecule is O[C@@H](CSCc1noc(-c2ccco2)n1)c1ccccc1. The largest absolute Gasteiger partial charge is 0.459 e. The second-order valence-electron chi connectivity index (χ2n) is 4.43. The van der Waals surface area contributed by atoms with E-state index in [2.05, 4.69) is 10.1 Å². The number of furan rings is 1. The molecule has 3 rings (SSSR count). The Morgan fingerprint density at radius 3 is 2.76 bits per heavy atom. The molecule has 1 N–H and O–H groups in total. The molecule has 108 valence electrons. The molecule has 1 aromatic carbocycles. The minimum absolute atomic E-state index is 0.374. The molecule has 0 spiro atoms. The highest BCUT2D eigenvalue weighted by molar-refractivity contribution is 7.98. The van der Waals surface area contributed by atoms with Gasteiger partial charge < -0.3 is 14.0 Å². The standard InChI is InChI=1S/C15H14N2O3S/c18-12(11-5-2-1-3-6-11)9-21-10-14-16-15(20-17-14)13-7-4-8-19-13/h1-8,12,18H,9-10H2/t12-/m0/s1. The number of aliphatic hydroxyl groups is 1. The number of aromatic nitrogens is 2. The van der Waals surface area contributed by atoms with Crippen LogP contribution in [0.25, 0.3) is 11.7 Å². The fraction of sp³-hybridized carbons (Fsp3) is 0.200. The van der Waals surface area contributed by atoms with Gasteiger partial charge in [-0.3, -0.25) is 0 Å². The maximum atomic E-state index is 10.1. The summed E-state index contributed by atoms with van der Waals surface area (Å²) in [5, 5.41) is 13.9. The normalized spacial score (nSPS) is 12.4. The van der Waals surface area contributed by atoms with Crippen LogP contribution in [0.5, 0.6) is 0 Å². The van der Waals surface area contributed by atoms with Crippen LogP contribution in [0.3, 0.4) is 0 Å². The van der Waals surface area contributed by atoms with Crippen LogP contribution in [0.1, 0.15) is 17.5 Å². The van der Waals surface area contributed by atoms with Crippen molar-refractivity contribution in [2.24, 2.45) is 0 Å². The third-order valence-corrected chi connectivity index (χ3v) is 3.91. The van der Waals surface area contributed by atoms with E-state index >= 15 is 0 Å². The second kappa shape index (κ2) is 6.60. The predicted octanol–water partition coefficient (Wildman–Crippen LogP) is 3.30. The summed E-state index contributed by atoms with van der Waals surface area (Å²) in [6.45, 7) is 0. The molecule has 3 aromatic rings. The molecule has 2 heterocycles. The third kappa shape index (κ3) is 3.53. The molecule has 0 aliphatic carbocycles. The number of thioether (sulfide) groups is 1. The predicted molar refractivity (Wildman–Crippen MR) is 79.6 cm³/mol. The van der Waals surface area contributed by atoms with Crippen LogP contribution in [0.15, 0.2) is 57.7 Å². The maximum Gasteiger partial charge on any atom is 0.293 e. The summed E-state index contributed by atoms with van der Waals surface area (Å²) in [5.74, 6) is 2.68. The molecule has 0 aliphatic heterocycles. The van der Waals surface area contributed by atoms with E-state index in [1.807, 2.05) is 30.3 Å². The molecule has 0 saturated carbocycles. The van der Waals surface area contributed by atoms with Gasteiger partial charge >= 0.3 is 0 Å². The first kappa shape index (κ1) is 13.9.